The topological polar surface area (TPSA) is 57.0 Å². The predicted octanol–water partition coefficient (Wildman–Crippen LogP) is 16.2. The summed E-state index contributed by atoms with van der Waals surface area (Å²) in [5.41, 5.74) is 15.3. The molecule has 0 amide bonds. The zero-order valence-corrected chi connectivity index (χ0v) is 39.9. The van der Waals surface area contributed by atoms with Crippen LogP contribution in [0.5, 0.6) is 0 Å². The maximum atomic E-state index is 12.8. The Morgan fingerprint density at radius 2 is 1.31 bits per heavy atom. The molecule has 11 rings (SSSR count). The Bertz CT molecular complexity index is 3450. The average Bonchev–Trinajstić information content (AvgIpc) is 3.99. The second-order valence-corrected chi connectivity index (χ2v) is 18.2. The van der Waals surface area contributed by atoms with Gasteiger partial charge in [-0.15, -0.1) is 48.0 Å². The van der Waals surface area contributed by atoms with Crippen LogP contribution in [0, 0.1) is 17.9 Å². The van der Waals surface area contributed by atoms with Crippen molar-refractivity contribution < 1.29 is 33.3 Å². The molecule has 0 saturated heterocycles. The molecular weight excluding hydrogens is 982 g/mol. The fourth-order valence-corrected chi connectivity index (χ4v) is 8.72. The summed E-state index contributed by atoms with van der Waals surface area (Å²) in [4.78, 5) is 9.69. The Hall–Kier alpha value is -6.66. The van der Waals surface area contributed by atoms with Crippen LogP contribution in [0.25, 0.3) is 94.4 Å². The Labute approximate surface area is 392 Å². The van der Waals surface area contributed by atoms with Gasteiger partial charge in [0.2, 0.25) is 0 Å². The molecule has 0 aliphatic carbocycles. The SMILES string of the molecule is CC(C)(C)c1ccc(-c2[c-]cc(F)cc2)nc1.CC(C)c1cc(-c2ccccc2)cc(C(C)C)c1-n1c(-c2[c-]ccc3c2oc2cc4c(cc23)oc2ccccc24)nc2ccccc21.[Ir]. The van der Waals surface area contributed by atoms with E-state index >= 15 is 0 Å². The summed E-state index contributed by atoms with van der Waals surface area (Å²) in [6.07, 6.45) is 1.87. The number of halogens is 1. The van der Waals surface area contributed by atoms with E-state index in [-0.39, 0.29) is 43.2 Å². The third-order valence-electron chi connectivity index (χ3n) is 12.1. The van der Waals surface area contributed by atoms with Gasteiger partial charge in [-0.2, -0.15) is 0 Å². The molecule has 0 saturated carbocycles. The van der Waals surface area contributed by atoms with Crippen molar-refractivity contribution in [2.24, 2.45) is 0 Å². The van der Waals surface area contributed by atoms with Gasteiger partial charge in [-0.25, -0.2) is 0 Å². The molecule has 5 nitrogen and oxygen atoms in total. The van der Waals surface area contributed by atoms with Crippen LogP contribution in [0.1, 0.15) is 77.0 Å². The molecule has 0 atom stereocenters. The summed E-state index contributed by atoms with van der Waals surface area (Å²) in [6, 6.07) is 55.1. The van der Waals surface area contributed by atoms with Gasteiger partial charge in [0.25, 0.3) is 0 Å². The van der Waals surface area contributed by atoms with Gasteiger partial charge in [-0.3, -0.25) is 9.37 Å². The van der Waals surface area contributed by atoms with Crippen LogP contribution in [0.3, 0.4) is 0 Å². The first-order valence-electron chi connectivity index (χ1n) is 22.0. The largest absolute Gasteiger partial charge is 0.501 e. The first kappa shape index (κ1) is 43.6. The summed E-state index contributed by atoms with van der Waals surface area (Å²) in [5.74, 6) is 1.09. The van der Waals surface area contributed by atoms with Crippen LogP contribution in [0.2, 0.25) is 0 Å². The number of fused-ring (bicyclic) bond motifs is 7. The Morgan fingerprint density at radius 1 is 0.631 bits per heavy atom. The van der Waals surface area contributed by atoms with E-state index in [1.807, 2.05) is 36.5 Å². The molecule has 1 radical (unpaired) electrons. The zero-order chi connectivity index (χ0) is 44.3. The summed E-state index contributed by atoms with van der Waals surface area (Å²) in [7, 11) is 0. The van der Waals surface area contributed by atoms with Crippen molar-refractivity contribution in [3.05, 3.63) is 186 Å². The molecular formula is C58H48FIrN3O2-2. The van der Waals surface area contributed by atoms with Crippen molar-refractivity contribution >= 4 is 54.9 Å². The third kappa shape index (κ3) is 8.09. The van der Waals surface area contributed by atoms with Gasteiger partial charge < -0.3 is 18.4 Å². The van der Waals surface area contributed by atoms with Crippen molar-refractivity contribution in [1.82, 2.24) is 14.5 Å². The number of nitrogens with zero attached hydrogens (tertiary/aromatic N) is 3. The van der Waals surface area contributed by atoms with E-state index < -0.39 is 0 Å². The van der Waals surface area contributed by atoms with E-state index in [0.29, 0.717) is 0 Å². The summed E-state index contributed by atoms with van der Waals surface area (Å²) >= 11 is 0. The Kier molecular flexibility index (Phi) is 11.7. The number of benzene rings is 7. The molecule has 0 N–H and O–H groups in total. The second-order valence-electron chi connectivity index (χ2n) is 18.2. The van der Waals surface area contributed by atoms with Crippen molar-refractivity contribution in [2.75, 3.05) is 0 Å². The van der Waals surface area contributed by atoms with Gasteiger partial charge in [0.05, 0.1) is 22.4 Å². The molecule has 0 unspecified atom stereocenters. The van der Waals surface area contributed by atoms with E-state index in [1.54, 1.807) is 6.07 Å². The normalized spacial score (nSPS) is 11.8. The molecule has 0 aliphatic heterocycles. The van der Waals surface area contributed by atoms with Gasteiger partial charge >= 0.3 is 0 Å². The number of aromatic nitrogens is 3. The minimum Gasteiger partial charge on any atom is -0.501 e. The molecule has 4 heterocycles. The van der Waals surface area contributed by atoms with Crippen LogP contribution in [-0.2, 0) is 25.5 Å². The van der Waals surface area contributed by atoms with E-state index in [9.17, 15) is 4.39 Å². The fourth-order valence-electron chi connectivity index (χ4n) is 8.72. The van der Waals surface area contributed by atoms with E-state index in [2.05, 4.69) is 167 Å². The molecule has 11 aromatic rings. The van der Waals surface area contributed by atoms with Crippen LogP contribution < -0.4 is 0 Å². The van der Waals surface area contributed by atoms with Crippen LogP contribution in [0.15, 0.2) is 161 Å². The Morgan fingerprint density at radius 3 is 1.98 bits per heavy atom. The quantitative estimate of drug-likeness (QED) is 0.156. The minimum atomic E-state index is -0.278. The van der Waals surface area contributed by atoms with Crippen LogP contribution >= 0.6 is 0 Å². The molecule has 4 aromatic heterocycles. The number of rotatable bonds is 6. The molecule has 0 bridgehead atoms. The zero-order valence-electron chi connectivity index (χ0n) is 37.5. The van der Waals surface area contributed by atoms with E-state index in [0.717, 1.165) is 77.6 Å². The maximum Gasteiger partial charge on any atom is 0.136 e. The Balaban J connectivity index is 0.000000250. The number of imidazole rings is 1. The molecule has 65 heavy (non-hydrogen) atoms. The van der Waals surface area contributed by atoms with Crippen LogP contribution in [-0.4, -0.2) is 14.5 Å². The standard InChI is InChI=1S/C43H33N2O2.C15H15FN.Ir/c1-25(2)32-21-28(27-13-6-5-7-14-27)22-33(26(3)4)41(32)45-37-19-10-9-18-36(37)44-43(45)31-17-12-16-30-35-24-39-34(23-40(35)47-42(30)31)29-15-8-11-20-38(29)46-39;1-15(2,3)12-6-9-14(17-10-12)11-4-7-13(16)8-5-11;/h5-16,18-26H,1-4H3;4,6-10H,1-3H3;/q2*-1;. The first-order valence-corrected chi connectivity index (χ1v) is 22.0. The average molecular weight is 1030 g/mol. The van der Waals surface area contributed by atoms with Crippen molar-refractivity contribution in [2.45, 2.75) is 65.7 Å². The summed E-state index contributed by atoms with van der Waals surface area (Å²) in [5, 5.41) is 4.16. The number of pyridine rings is 1. The molecule has 0 spiro atoms. The molecule has 325 valence electrons. The summed E-state index contributed by atoms with van der Waals surface area (Å²) < 4.78 is 28.1. The van der Waals surface area contributed by atoms with E-state index in [1.165, 1.54) is 45.6 Å². The van der Waals surface area contributed by atoms with Gasteiger partial charge in [0.15, 0.2) is 0 Å². The number of furan rings is 2. The number of hydrogen-bond acceptors (Lipinski definition) is 4. The number of hydrogen-bond donors (Lipinski definition) is 0. The molecule has 7 heteroatoms. The minimum absolute atomic E-state index is 0. The maximum absolute atomic E-state index is 12.8. The third-order valence-corrected chi connectivity index (χ3v) is 12.1. The van der Waals surface area contributed by atoms with Gasteiger partial charge in [-0.1, -0.05) is 132 Å². The van der Waals surface area contributed by atoms with Crippen molar-refractivity contribution in [1.29, 1.82) is 0 Å². The monoisotopic (exact) mass is 1030 g/mol. The van der Waals surface area contributed by atoms with Crippen molar-refractivity contribution in [3.8, 4) is 39.5 Å². The summed E-state index contributed by atoms with van der Waals surface area (Å²) in [6.45, 7) is 15.6. The van der Waals surface area contributed by atoms with Gasteiger partial charge in [0, 0.05) is 54.0 Å². The smallest absolute Gasteiger partial charge is 0.136 e. The van der Waals surface area contributed by atoms with Gasteiger partial charge in [-0.05, 0) is 93.2 Å². The van der Waals surface area contributed by atoms with Gasteiger partial charge in [0.1, 0.15) is 16.7 Å². The first-order chi connectivity index (χ1) is 30.9. The van der Waals surface area contributed by atoms with Crippen LogP contribution in [0.4, 0.5) is 4.39 Å². The molecule has 7 aromatic carbocycles. The molecule has 0 aliphatic rings. The second kappa shape index (κ2) is 17.4. The fraction of sp³-hybridized carbons (Fsp3) is 0.172. The predicted molar refractivity (Wildman–Crippen MR) is 261 cm³/mol. The molecule has 0 fully saturated rings. The van der Waals surface area contributed by atoms with Crippen molar-refractivity contribution in [3.63, 3.8) is 0 Å². The number of para-hydroxylation sites is 3. The van der Waals surface area contributed by atoms with E-state index in [4.69, 9.17) is 13.8 Å².